The number of carboxylic acids is 1. The predicted octanol–water partition coefficient (Wildman–Crippen LogP) is 4.22. The maximum absolute atomic E-state index is 12.9. The summed E-state index contributed by atoms with van der Waals surface area (Å²) in [7, 11) is 1.61. The molecular weight excluding hydrogens is 446 g/mol. The summed E-state index contributed by atoms with van der Waals surface area (Å²) in [6, 6.07) is 17.2. The van der Waals surface area contributed by atoms with Gasteiger partial charge in [-0.15, -0.1) is 0 Å². The van der Waals surface area contributed by atoms with Crippen molar-refractivity contribution in [3.63, 3.8) is 0 Å². The van der Waals surface area contributed by atoms with Crippen molar-refractivity contribution < 1.29 is 19.4 Å². The first kappa shape index (κ1) is 21.8. The molecule has 0 unspecified atom stereocenters. The first-order valence-electron chi connectivity index (χ1n) is 9.73. The minimum atomic E-state index is -0.978. The number of thiocarbonyl (C=S) groups is 1. The third-order valence-electron chi connectivity index (χ3n) is 4.84. The molecule has 0 radical (unpaired) electrons. The van der Waals surface area contributed by atoms with Crippen molar-refractivity contribution in [2.45, 2.75) is 6.42 Å². The molecule has 1 aliphatic rings. The Morgan fingerprint density at radius 2 is 1.91 bits per heavy atom. The molecule has 1 N–H and O–H groups in total. The number of carboxylic acid groups (broad SMARTS) is 1. The van der Waals surface area contributed by atoms with Crippen molar-refractivity contribution in [2.75, 3.05) is 13.7 Å². The minimum Gasteiger partial charge on any atom is -0.497 e. The summed E-state index contributed by atoms with van der Waals surface area (Å²) in [4.78, 5) is 25.5. The molecule has 162 valence electrons. The summed E-state index contributed by atoms with van der Waals surface area (Å²) in [6.07, 6.45) is 3.45. The van der Waals surface area contributed by atoms with E-state index >= 15 is 0 Å². The second-order valence-electron chi connectivity index (χ2n) is 6.92. The normalized spacial score (nSPS) is 14.9. The van der Waals surface area contributed by atoms with Crippen LogP contribution in [0.1, 0.15) is 12.0 Å². The highest BCUT2D eigenvalue weighted by Crippen LogP contribution is 2.35. The van der Waals surface area contributed by atoms with Crippen LogP contribution >= 0.6 is 24.0 Å². The number of amides is 1. The Labute approximate surface area is 194 Å². The Balaban J connectivity index is 1.73. The second kappa shape index (κ2) is 9.37. The molecule has 1 saturated heterocycles. The van der Waals surface area contributed by atoms with Gasteiger partial charge in [-0.2, -0.15) is 5.10 Å². The van der Waals surface area contributed by atoms with Crippen molar-refractivity contribution >= 4 is 46.3 Å². The van der Waals surface area contributed by atoms with Crippen LogP contribution in [0.2, 0.25) is 0 Å². The minimum absolute atomic E-state index is 0.0476. The van der Waals surface area contributed by atoms with Crippen molar-refractivity contribution in [1.82, 2.24) is 14.7 Å². The summed E-state index contributed by atoms with van der Waals surface area (Å²) < 4.78 is 7.36. The van der Waals surface area contributed by atoms with Gasteiger partial charge in [0.2, 0.25) is 0 Å². The fourth-order valence-corrected chi connectivity index (χ4v) is 4.52. The fourth-order valence-electron chi connectivity index (χ4n) is 3.22. The van der Waals surface area contributed by atoms with E-state index in [2.05, 4.69) is 0 Å². The number of thioether (sulfide) groups is 1. The average Bonchev–Trinajstić information content (AvgIpc) is 3.34. The number of carbonyl (C=O) groups excluding carboxylic acids is 1. The zero-order valence-electron chi connectivity index (χ0n) is 17.1. The van der Waals surface area contributed by atoms with Gasteiger partial charge in [0, 0.05) is 23.9 Å². The van der Waals surface area contributed by atoms with Crippen LogP contribution in [0.5, 0.6) is 5.75 Å². The Kier molecular flexibility index (Phi) is 6.38. The van der Waals surface area contributed by atoms with Gasteiger partial charge in [0.15, 0.2) is 0 Å². The van der Waals surface area contributed by atoms with E-state index in [1.807, 2.05) is 60.8 Å². The van der Waals surface area contributed by atoms with Crippen LogP contribution in [0.3, 0.4) is 0 Å². The number of ether oxygens (including phenoxy) is 1. The molecule has 1 amide bonds. The molecule has 4 rings (SSSR count). The molecule has 0 bridgehead atoms. The van der Waals surface area contributed by atoms with E-state index in [1.165, 1.54) is 4.90 Å². The van der Waals surface area contributed by atoms with Gasteiger partial charge < -0.3 is 9.84 Å². The zero-order chi connectivity index (χ0) is 22.7. The van der Waals surface area contributed by atoms with E-state index < -0.39 is 5.97 Å². The van der Waals surface area contributed by atoms with Crippen molar-refractivity contribution in [1.29, 1.82) is 0 Å². The lowest BCUT2D eigenvalue weighted by Gasteiger charge is -2.12. The van der Waals surface area contributed by atoms with Gasteiger partial charge in [-0.25, -0.2) is 4.68 Å². The molecule has 7 nitrogen and oxygen atoms in total. The molecule has 0 aliphatic carbocycles. The number of hydrogen-bond acceptors (Lipinski definition) is 6. The number of nitrogens with zero attached hydrogens (tertiary/aromatic N) is 3. The molecule has 3 aromatic rings. The Hall–Kier alpha value is -3.43. The first-order chi connectivity index (χ1) is 15.5. The molecule has 9 heteroatoms. The lowest BCUT2D eigenvalue weighted by Crippen LogP contribution is -2.30. The topological polar surface area (TPSA) is 84.7 Å². The van der Waals surface area contributed by atoms with Gasteiger partial charge in [-0.3, -0.25) is 14.5 Å². The number of aliphatic carboxylic acids is 1. The number of methoxy groups -OCH3 is 1. The third kappa shape index (κ3) is 4.58. The lowest BCUT2D eigenvalue weighted by molar-refractivity contribution is -0.137. The fraction of sp³-hybridized carbons (Fsp3) is 0.130. The Bertz CT molecular complexity index is 1200. The monoisotopic (exact) mass is 465 g/mol. The second-order valence-corrected chi connectivity index (χ2v) is 8.59. The van der Waals surface area contributed by atoms with E-state index in [0.29, 0.717) is 14.9 Å². The van der Waals surface area contributed by atoms with Gasteiger partial charge in [-0.1, -0.05) is 42.2 Å². The van der Waals surface area contributed by atoms with Gasteiger partial charge in [-0.05, 0) is 42.5 Å². The SMILES string of the molecule is COc1ccc(-c2nn(-c3ccccc3)cc2/C=C2\SC(=S)N(CCC(=O)O)C2=O)cc1. The van der Waals surface area contributed by atoms with E-state index in [4.69, 9.17) is 27.2 Å². The van der Waals surface area contributed by atoms with E-state index in [1.54, 1.807) is 17.9 Å². The van der Waals surface area contributed by atoms with Gasteiger partial charge in [0.1, 0.15) is 10.1 Å². The number of hydrogen-bond donors (Lipinski definition) is 1. The molecular formula is C23H19N3O4S2. The molecule has 2 heterocycles. The maximum Gasteiger partial charge on any atom is 0.305 e. The molecule has 1 aromatic heterocycles. The number of aromatic nitrogens is 2. The summed E-state index contributed by atoms with van der Waals surface area (Å²) in [5.74, 6) is -0.541. The highest BCUT2D eigenvalue weighted by molar-refractivity contribution is 8.26. The molecule has 32 heavy (non-hydrogen) atoms. The molecule has 0 saturated carbocycles. The van der Waals surface area contributed by atoms with Crippen LogP contribution in [0, 0.1) is 0 Å². The zero-order valence-corrected chi connectivity index (χ0v) is 18.7. The van der Waals surface area contributed by atoms with Gasteiger partial charge >= 0.3 is 5.97 Å². The Morgan fingerprint density at radius 1 is 1.19 bits per heavy atom. The molecule has 1 aliphatic heterocycles. The quantitative estimate of drug-likeness (QED) is 0.413. The third-order valence-corrected chi connectivity index (χ3v) is 6.21. The van der Waals surface area contributed by atoms with E-state index in [-0.39, 0.29) is 18.9 Å². The van der Waals surface area contributed by atoms with Gasteiger partial charge in [0.25, 0.3) is 5.91 Å². The molecule has 0 atom stereocenters. The van der Waals surface area contributed by atoms with Crippen molar-refractivity contribution in [2.24, 2.45) is 0 Å². The summed E-state index contributed by atoms with van der Waals surface area (Å²) in [5.41, 5.74) is 3.20. The van der Waals surface area contributed by atoms with E-state index in [9.17, 15) is 9.59 Å². The molecule has 2 aromatic carbocycles. The van der Waals surface area contributed by atoms with Crippen molar-refractivity contribution in [3.05, 3.63) is 71.3 Å². The van der Waals surface area contributed by atoms with Crippen molar-refractivity contribution in [3.8, 4) is 22.7 Å². The highest BCUT2D eigenvalue weighted by atomic mass is 32.2. The Morgan fingerprint density at radius 3 is 2.56 bits per heavy atom. The summed E-state index contributed by atoms with van der Waals surface area (Å²) in [6.45, 7) is 0.0476. The largest absolute Gasteiger partial charge is 0.497 e. The standard InChI is InChI=1S/C23H19N3O4S2/c1-30-18-9-7-15(8-10-18)21-16(14-26(24-21)17-5-3-2-4-6-17)13-19-22(29)25(23(31)32-19)12-11-20(27)28/h2-10,13-14H,11-12H2,1H3,(H,27,28)/b19-13-. The number of rotatable bonds is 7. The van der Waals surface area contributed by atoms with Crippen LogP contribution < -0.4 is 4.74 Å². The predicted molar refractivity (Wildman–Crippen MR) is 128 cm³/mol. The lowest BCUT2D eigenvalue weighted by atomic mass is 10.1. The average molecular weight is 466 g/mol. The van der Waals surface area contributed by atoms with Crippen LogP contribution in [-0.4, -0.2) is 49.6 Å². The van der Waals surface area contributed by atoms with E-state index in [0.717, 1.165) is 34.3 Å². The number of benzene rings is 2. The smallest absolute Gasteiger partial charge is 0.305 e. The van der Waals surface area contributed by atoms with Crippen LogP contribution in [0.15, 0.2) is 65.7 Å². The molecule has 1 fully saturated rings. The number of para-hydroxylation sites is 1. The van der Waals surface area contributed by atoms with Crippen LogP contribution in [-0.2, 0) is 9.59 Å². The van der Waals surface area contributed by atoms with Crippen LogP contribution in [0.4, 0.5) is 0 Å². The molecule has 0 spiro atoms. The highest BCUT2D eigenvalue weighted by Gasteiger charge is 2.32. The van der Waals surface area contributed by atoms with Gasteiger partial charge in [0.05, 0.1) is 29.8 Å². The number of carbonyl (C=O) groups is 2. The first-order valence-corrected chi connectivity index (χ1v) is 11.0. The summed E-state index contributed by atoms with van der Waals surface area (Å²) >= 11 is 6.46. The summed E-state index contributed by atoms with van der Waals surface area (Å²) in [5, 5.41) is 13.7. The van der Waals surface area contributed by atoms with Crippen LogP contribution in [0.25, 0.3) is 23.0 Å². The maximum atomic E-state index is 12.9.